The summed E-state index contributed by atoms with van der Waals surface area (Å²) in [6.07, 6.45) is -1.05. The zero-order valence-electron chi connectivity index (χ0n) is 9.71. The summed E-state index contributed by atoms with van der Waals surface area (Å²) in [6.45, 7) is 0. The van der Waals surface area contributed by atoms with Crippen LogP contribution in [-0.2, 0) is 19.6 Å². The average molecular weight is 309 g/mol. The Morgan fingerprint density at radius 2 is 1.85 bits per heavy atom. The van der Waals surface area contributed by atoms with Gasteiger partial charge in [0.15, 0.2) is 0 Å². The van der Waals surface area contributed by atoms with Gasteiger partial charge in [0.25, 0.3) is 0 Å². The second-order valence-electron chi connectivity index (χ2n) is 3.68. The summed E-state index contributed by atoms with van der Waals surface area (Å²) in [5.41, 5.74) is 0. The molecule has 0 aliphatic carbocycles. The Hall–Kier alpha value is -2.07. The lowest BCUT2D eigenvalue weighted by atomic mass is 10.2. The number of halogens is 2. The molecule has 0 bridgehead atoms. The lowest BCUT2D eigenvalue weighted by molar-refractivity contribution is -0.145. The maximum absolute atomic E-state index is 13.3. The van der Waals surface area contributed by atoms with Crippen LogP contribution in [0.15, 0.2) is 23.1 Å². The number of sulfonamides is 1. The van der Waals surface area contributed by atoms with Crippen molar-refractivity contribution in [2.75, 3.05) is 0 Å². The van der Waals surface area contributed by atoms with E-state index in [0.717, 1.165) is 0 Å². The second kappa shape index (κ2) is 5.92. The van der Waals surface area contributed by atoms with Crippen molar-refractivity contribution in [3.8, 4) is 0 Å². The Balaban J connectivity index is 3.12. The van der Waals surface area contributed by atoms with Gasteiger partial charge in [-0.3, -0.25) is 9.59 Å². The maximum atomic E-state index is 13.3. The van der Waals surface area contributed by atoms with Crippen LogP contribution in [0.5, 0.6) is 0 Å². The van der Waals surface area contributed by atoms with Crippen LogP contribution in [0.2, 0.25) is 0 Å². The summed E-state index contributed by atoms with van der Waals surface area (Å²) >= 11 is 0. The number of hydrogen-bond acceptors (Lipinski definition) is 4. The van der Waals surface area contributed by atoms with Gasteiger partial charge < -0.3 is 10.2 Å². The maximum Gasteiger partial charge on any atom is 0.322 e. The van der Waals surface area contributed by atoms with Gasteiger partial charge in [0.2, 0.25) is 10.0 Å². The van der Waals surface area contributed by atoms with E-state index in [-0.39, 0.29) is 0 Å². The molecule has 0 unspecified atom stereocenters. The van der Waals surface area contributed by atoms with Crippen molar-refractivity contribution in [2.45, 2.75) is 17.4 Å². The van der Waals surface area contributed by atoms with Gasteiger partial charge in [0.05, 0.1) is 6.42 Å². The number of rotatable bonds is 6. The van der Waals surface area contributed by atoms with Crippen LogP contribution < -0.4 is 4.72 Å². The van der Waals surface area contributed by atoms with Gasteiger partial charge in [-0.05, 0) is 18.2 Å². The Morgan fingerprint density at radius 1 is 1.25 bits per heavy atom. The summed E-state index contributed by atoms with van der Waals surface area (Å²) in [7, 11) is -4.71. The van der Waals surface area contributed by atoms with Crippen LogP contribution in [0.4, 0.5) is 8.78 Å². The normalized spacial score (nSPS) is 12.9. The zero-order chi connectivity index (χ0) is 15.5. The fourth-order valence-electron chi connectivity index (χ4n) is 1.29. The molecule has 0 aromatic heterocycles. The number of nitrogens with one attached hydrogen (secondary N) is 1. The standard InChI is InChI=1S/C10H9F2NO6S/c11-5-1-2-6(12)8(3-5)20(18,19)13-7(10(16)17)4-9(14)15/h1-3,7,13H,4H2,(H,14,15)(H,16,17)/t7-/m0/s1. The highest BCUT2D eigenvalue weighted by Gasteiger charge is 2.29. The predicted molar refractivity (Wildman–Crippen MR) is 60.4 cm³/mol. The fourth-order valence-corrected chi connectivity index (χ4v) is 2.57. The third-order valence-electron chi connectivity index (χ3n) is 2.16. The van der Waals surface area contributed by atoms with Crippen LogP contribution in [0.1, 0.15) is 6.42 Å². The number of carboxylic acid groups (broad SMARTS) is 2. The third-order valence-corrected chi connectivity index (χ3v) is 3.64. The smallest absolute Gasteiger partial charge is 0.322 e. The minimum atomic E-state index is -4.71. The number of aliphatic carboxylic acids is 2. The van der Waals surface area contributed by atoms with E-state index >= 15 is 0 Å². The molecule has 0 aliphatic heterocycles. The lowest BCUT2D eigenvalue weighted by Crippen LogP contribution is -2.42. The van der Waals surface area contributed by atoms with Crippen LogP contribution in [-0.4, -0.2) is 36.6 Å². The van der Waals surface area contributed by atoms with Crippen LogP contribution >= 0.6 is 0 Å². The molecule has 3 N–H and O–H groups in total. The molecule has 20 heavy (non-hydrogen) atoms. The number of carboxylic acids is 2. The molecule has 0 saturated carbocycles. The van der Waals surface area contributed by atoms with E-state index in [1.54, 1.807) is 0 Å². The molecular weight excluding hydrogens is 300 g/mol. The van der Waals surface area contributed by atoms with E-state index in [1.165, 1.54) is 4.72 Å². The molecule has 0 fully saturated rings. The van der Waals surface area contributed by atoms with Crippen LogP contribution in [0, 0.1) is 11.6 Å². The van der Waals surface area contributed by atoms with Crippen molar-refractivity contribution >= 4 is 22.0 Å². The summed E-state index contributed by atoms with van der Waals surface area (Å²) in [5.74, 6) is -5.66. The Labute approximate surface area is 111 Å². The van der Waals surface area contributed by atoms with Crippen molar-refractivity contribution in [2.24, 2.45) is 0 Å². The second-order valence-corrected chi connectivity index (χ2v) is 5.37. The first kappa shape index (κ1) is 16.0. The topological polar surface area (TPSA) is 121 Å². The fraction of sp³-hybridized carbons (Fsp3) is 0.200. The zero-order valence-corrected chi connectivity index (χ0v) is 10.5. The molecule has 1 aromatic rings. The molecule has 0 spiro atoms. The van der Waals surface area contributed by atoms with Gasteiger partial charge in [-0.2, -0.15) is 4.72 Å². The van der Waals surface area contributed by atoms with Gasteiger partial charge in [-0.1, -0.05) is 0 Å². The first-order valence-electron chi connectivity index (χ1n) is 5.05. The largest absolute Gasteiger partial charge is 0.481 e. The average Bonchev–Trinajstić information content (AvgIpc) is 2.30. The molecular formula is C10H9F2NO6S. The van der Waals surface area contributed by atoms with Crippen LogP contribution in [0.3, 0.4) is 0 Å². The van der Waals surface area contributed by atoms with E-state index in [2.05, 4.69) is 0 Å². The highest BCUT2D eigenvalue weighted by Crippen LogP contribution is 2.16. The minimum absolute atomic E-state index is 0.358. The molecule has 110 valence electrons. The van der Waals surface area contributed by atoms with Gasteiger partial charge in [0.1, 0.15) is 22.6 Å². The molecule has 0 radical (unpaired) electrons. The Bertz CT molecular complexity index is 645. The summed E-state index contributed by atoms with van der Waals surface area (Å²) in [5, 5.41) is 17.2. The highest BCUT2D eigenvalue weighted by molar-refractivity contribution is 7.89. The molecule has 1 aromatic carbocycles. The lowest BCUT2D eigenvalue weighted by Gasteiger charge is -2.13. The molecule has 0 amide bonds. The minimum Gasteiger partial charge on any atom is -0.481 e. The van der Waals surface area contributed by atoms with E-state index in [9.17, 15) is 26.8 Å². The summed E-state index contributed by atoms with van der Waals surface area (Å²) < 4.78 is 51.2. The molecule has 0 saturated heterocycles. The van der Waals surface area contributed by atoms with Gasteiger partial charge in [-0.15, -0.1) is 0 Å². The summed E-state index contributed by atoms with van der Waals surface area (Å²) in [6, 6.07) is -0.408. The van der Waals surface area contributed by atoms with Crippen LogP contribution in [0.25, 0.3) is 0 Å². The van der Waals surface area contributed by atoms with Gasteiger partial charge in [0, 0.05) is 0 Å². The van der Waals surface area contributed by atoms with Crippen molar-refractivity contribution in [1.29, 1.82) is 0 Å². The molecule has 7 nitrogen and oxygen atoms in total. The number of hydrogen-bond donors (Lipinski definition) is 3. The Morgan fingerprint density at radius 3 is 2.35 bits per heavy atom. The van der Waals surface area contributed by atoms with Gasteiger partial charge in [-0.25, -0.2) is 17.2 Å². The van der Waals surface area contributed by atoms with Gasteiger partial charge >= 0.3 is 11.9 Å². The van der Waals surface area contributed by atoms with Crippen molar-refractivity contribution in [3.63, 3.8) is 0 Å². The van der Waals surface area contributed by atoms with E-state index in [0.29, 0.717) is 18.2 Å². The van der Waals surface area contributed by atoms with E-state index in [4.69, 9.17) is 10.2 Å². The summed E-state index contributed by atoms with van der Waals surface area (Å²) in [4.78, 5) is 20.1. The SMILES string of the molecule is O=C(O)C[C@H](NS(=O)(=O)c1cc(F)ccc1F)C(=O)O. The van der Waals surface area contributed by atoms with Crippen molar-refractivity contribution in [1.82, 2.24) is 4.72 Å². The number of carbonyl (C=O) groups is 2. The van der Waals surface area contributed by atoms with Crippen molar-refractivity contribution in [3.05, 3.63) is 29.8 Å². The van der Waals surface area contributed by atoms with Crippen molar-refractivity contribution < 1.29 is 37.0 Å². The molecule has 1 atom stereocenters. The first-order valence-corrected chi connectivity index (χ1v) is 6.54. The van der Waals surface area contributed by atoms with E-state index in [1.807, 2.05) is 0 Å². The quantitative estimate of drug-likeness (QED) is 0.689. The monoisotopic (exact) mass is 309 g/mol. The molecule has 0 heterocycles. The third kappa shape index (κ3) is 3.96. The highest BCUT2D eigenvalue weighted by atomic mass is 32.2. The Kier molecular flexibility index (Phi) is 4.73. The molecule has 0 aliphatic rings. The predicted octanol–water partition coefficient (Wildman–Crippen LogP) is 0.171. The molecule has 1 rings (SSSR count). The molecule has 10 heteroatoms. The first-order chi connectivity index (χ1) is 9.13. The van der Waals surface area contributed by atoms with E-state index < -0.39 is 51.0 Å². The number of benzene rings is 1.